The van der Waals surface area contributed by atoms with E-state index in [1.165, 1.54) is 18.6 Å². The standard InChI is InChI=1S/3C9H6FNO.Al/c3*10-7-4-3-6-2-1-5-11-8(6)9(7)12;/h3*1-5,12H;/q;;;+3/p-3. The number of nitrogens with zero attached hydrogens (tertiary/aromatic N) is 3. The second-order valence-electron chi connectivity index (χ2n) is 7.35. The van der Waals surface area contributed by atoms with Gasteiger partial charge in [0.05, 0.1) is 16.6 Å². The average Bonchev–Trinajstić information content (AvgIpc) is 2.92. The predicted molar refractivity (Wildman–Crippen MR) is 129 cm³/mol. The molecule has 0 aliphatic heterocycles. The van der Waals surface area contributed by atoms with E-state index in [2.05, 4.69) is 15.0 Å². The number of aromatic nitrogens is 3. The van der Waals surface area contributed by atoms with E-state index in [-0.39, 0.29) is 33.9 Å². The Labute approximate surface area is 219 Å². The molecule has 0 radical (unpaired) electrons. The fraction of sp³-hybridized carbons (Fsp3) is 0. The van der Waals surface area contributed by atoms with Gasteiger partial charge in [0.1, 0.15) is 17.5 Å². The van der Waals surface area contributed by atoms with E-state index >= 15 is 0 Å². The molecule has 0 fully saturated rings. The van der Waals surface area contributed by atoms with Gasteiger partial charge in [-0.1, -0.05) is 18.2 Å². The van der Waals surface area contributed by atoms with Crippen LogP contribution in [0.4, 0.5) is 13.2 Å². The maximum atomic E-state index is 12.7. The summed E-state index contributed by atoms with van der Waals surface area (Å²) >= 11 is 0. The van der Waals surface area contributed by atoms with E-state index in [0.717, 1.165) is 18.2 Å². The van der Waals surface area contributed by atoms with E-state index < -0.39 is 34.7 Å². The van der Waals surface area contributed by atoms with E-state index in [0.29, 0.717) is 16.2 Å². The fourth-order valence-corrected chi connectivity index (χ4v) is 3.28. The number of hydrogen-bond acceptors (Lipinski definition) is 6. The summed E-state index contributed by atoms with van der Waals surface area (Å²) < 4.78 is 38.1. The smallest absolute Gasteiger partial charge is 0.869 e. The molecule has 0 atom stereocenters. The molecule has 0 unspecified atom stereocenters. The number of hydrogen-bond donors (Lipinski definition) is 0. The molecular formula is C27H15AlF3N3O3. The molecule has 0 N–H and O–H groups in total. The van der Waals surface area contributed by atoms with Crippen molar-refractivity contribution in [3.63, 3.8) is 0 Å². The van der Waals surface area contributed by atoms with Gasteiger partial charge in [0.15, 0.2) is 0 Å². The molecule has 10 heteroatoms. The maximum Gasteiger partial charge on any atom is 3.00 e. The quantitative estimate of drug-likeness (QED) is 0.285. The normalized spacial score (nSPS) is 10.1. The first-order valence-electron chi connectivity index (χ1n) is 10.5. The van der Waals surface area contributed by atoms with Gasteiger partial charge in [-0.05, 0) is 88.0 Å². The Morgan fingerprint density at radius 1 is 0.432 bits per heavy atom. The molecule has 0 saturated carbocycles. The number of halogens is 3. The Balaban J connectivity index is 0.000000152. The molecule has 0 spiro atoms. The Hall–Kier alpha value is -4.39. The molecule has 0 aliphatic rings. The van der Waals surface area contributed by atoms with Gasteiger partial charge in [0.2, 0.25) is 0 Å². The molecule has 6 nitrogen and oxygen atoms in total. The summed E-state index contributed by atoms with van der Waals surface area (Å²) in [7, 11) is 0. The van der Waals surface area contributed by atoms with E-state index in [9.17, 15) is 28.5 Å². The van der Waals surface area contributed by atoms with Crippen LogP contribution in [0.2, 0.25) is 0 Å². The zero-order chi connectivity index (χ0) is 25.7. The molecule has 6 aromatic rings. The van der Waals surface area contributed by atoms with Crippen LogP contribution in [0.1, 0.15) is 0 Å². The van der Waals surface area contributed by atoms with Crippen molar-refractivity contribution in [2.24, 2.45) is 0 Å². The Kier molecular flexibility index (Phi) is 8.85. The van der Waals surface area contributed by atoms with Gasteiger partial charge >= 0.3 is 17.4 Å². The summed E-state index contributed by atoms with van der Waals surface area (Å²) in [6, 6.07) is 18.4. The Morgan fingerprint density at radius 3 is 0.973 bits per heavy atom. The third kappa shape index (κ3) is 6.06. The molecule has 3 heterocycles. The van der Waals surface area contributed by atoms with Crippen LogP contribution in [0.15, 0.2) is 91.4 Å². The van der Waals surface area contributed by atoms with Gasteiger partial charge in [-0.2, -0.15) is 0 Å². The van der Waals surface area contributed by atoms with Gasteiger partial charge in [-0.25, -0.2) is 13.2 Å². The minimum atomic E-state index is -0.749. The zero-order valence-corrected chi connectivity index (χ0v) is 20.1. The van der Waals surface area contributed by atoms with Gasteiger partial charge in [-0.3, -0.25) is 15.0 Å². The van der Waals surface area contributed by atoms with Crippen LogP contribution in [-0.2, 0) is 0 Å². The summed E-state index contributed by atoms with van der Waals surface area (Å²) in [6.45, 7) is 0. The monoisotopic (exact) mass is 513 g/mol. The van der Waals surface area contributed by atoms with E-state index in [4.69, 9.17) is 0 Å². The summed E-state index contributed by atoms with van der Waals surface area (Å²) in [4.78, 5) is 11.4. The number of rotatable bonds is 0. The summed E-state index contributed by atoms with van der Waals surface area (Å²) in [5, 5.41) is 35.3. The molecule has 0 amide bonds. The molecule has 0 aliphatic carbocycles. The minimum absolute atomic E-state index is 0. The van der Waals surface area contributed by atoms with Crippen molar-refractivity contribution < 1.29 is 28.5 Å². The average molecular weight is 513 g/mol. The van der Waals surface area contributed by atoms with Crippen LogP contribution in [0.5, 0.6) is 17.2 Å². The first-order valence-corrected chi connectivity index (χ1v) is 10.5. The second kappa shape index (κ2) is 12.0. The van der Waals surface area contributed by atoms with Crippen LogP contribution < -0.4 is 15.3 Å². The van der Waals surface area contributed by atoms with Gasteiger partial charge in [0.25, 0.3) is 0 Å². The number of fused-ring (bicyclic) bond motifs is 3. The van der Waals surface area contributed by atoms with Crippen molar-refractivity contribution in [3.05, 3.63) is 109 Å². The molecule has 6 rings (SSSR count). The third-order valence-electron chi connectivity index (χ3n) is 5.04. The Morgan fingerprint density at radius 2 is 0.703 bits per heavy atom. The zero-order valence-electron chi connectivity index (χ0n) is 18.9. The van der Waals surface area contributed by atoms with Crippen molar-refractivity contribution in [2.75, 3.05) is 0 Å². The molecule has 0 saturated heterocycles. The fourth-order valence-electron chi connectivity index (χ4n) is 3.28. The van der Waals surface area contributed by atoms with Crippen molar-refractivity contribution >= 4 is 50.1 Å². The summed E-state index contributed by atoms with van der Waals surface area (Å²) in [5.74, 6) is -4.14. The molecule has 3 aromatic carbocycles. The molecule has 3 aromatic heterocycles. The van der Waals surface area contributed by atoms with Crippen LogP contribution in [0.3, 0.4) is 0 Å². The van der Waals surface area contributed by atoms with Crippen molar-refractivity contribution in [1.82, 2.24) is 15.0 Å². The van der Waals surface area contributed by atoms with Crippen LogP contribution in [0.25, 0.3) is 32.7 Å². The second-order valence-corrected chi connectivity index (χ2v) is 7.35. The SMILES string of the molecule is [Al+3].[O-]c1c(F)ccc2cccnc12.[O-]c1c(F)ccc2cccnc12.[O-]c1c(F)ccc2cccnc12. The summed E-state index contributed by atoms with van der Waals surface area (Å²) in [5.41, 5.74) is 0.576. The van der Waals surface area contributed by atoms with Gasteiger partial charge in [-0.15, -0.1) is 0 Å². The van der Waals surface area contributed by atoms with Gasteiger partial charge in [0, 0.05) is 18.6 Å². The number of pyridine rings is 3. The molecule has 180 valence electrons. The Bertz CT molecular complexity index is 1490. The topological polar surface area (TPSA) is 108 Å². The number of benzene rings is 3. The maximum absolute atomic E-state index is 12.7. The molecular weight excluding hydrogens is 498 g/mol. The molecule has 0 bridgehead atoms. The first-order chi connectivity index (χ1) is 17.4. The van der Waals surface area contributed by atoms with Crippen LogP contribution in [-0.4, -0.2) is 32.3 Å². The third-order valence-corrected chi connectivity index (χ3v) is 5.04. The van der Waals surface area contributed by atoms with E-state index in [1.54, 1.807) is 54.6 Å². The van der Waals surface area contributed by atoms with Crippen LogP contribution >= 0.6 is 0 Å². The molecule has 37 heavy (non-hydrogen) atoms. The van der Waals surface area contributed by atoms with Gasteiger partial charge < -0.3 is 15.3 Å². The van der Waals surface area contributed by atoms with Crippen molar-refractivity contribution in [2.45, 2.75) is 0 Å². The largest absolute Gasteiger partial charge is 3.00 e. The van der Waals surface area contributed by atoms with Crippen molar-refractivity contribution in [3.8, 4) is 17.2 Å². The van der Waals surface area contributed by atoms with Crippen LogP contribution in [0, 0.1) is 17.5 Å². The predicted octanol–water partition coefficient (Wildman–Crippen LogP) is 3.96. The van der Waals surface area contributed by atoms with Crippen molar-refractivity contribution in [1.29, 1.82) is 0 Å². The van der Waals surface area contributed by atoms with E-state index in [1.807, 2.05) is 0 Å². The first kappa shape index (κ1) is 27.2. The minimum Gasteiger partial charge on any atom is -0.869 e. The summed E-state index contributed by atoms with van der Waals surface area (Å²) in [6.07, 6.45) is 4.43.